The van der Waals surface area contributed by atoms with Crippen LogP contribution in [0.4, 0.5) is 0 Å². The molecule has 1 aliphatic rings. The van der Waals surface area contributed by atoms with Crippen molar-refractivity contribution in [2.45, 2.75) is 57.7 Å². The van der Waals surface area contributed by atoms with E-state index in [1.807, 2.05) is 60.7 Å². The van der Waals surface area contributed by atoms with Crippen LogP contribution in [-0.2, 0) is 32.0 Å². The number of esters is 1. The predicted octanol–water partition coefficient (Wildman–Crippen LogP) is 3.07. The number of hydrogen-bond donors (Lipinski definition) is 2. The van der Waals surface area contributed by atoms with Gasteiger partial charge in [0.15, 0.2) is 0 Å². The Hall–Kier alpha value is -3.19. The lowest BCUT2D eigenvalue weighted by molar-refractivity contribution is -0.150. The quantitative estimate of drug-likeness (QED) is 0.494. The van der Waals surface area contributed by atoms with Gasteiger partial charge in [0, 0.05) is 6.54 Å². The number of rotatable bonds is 11. The van der Waals surface area contributed by atoms with Crippen LogP contribution in [0, 0.1) is 5.92 Å². The highest BCUT2D eigenvalue weighted by Gasteiger charge is 2.41. The molecular formula is C27H34N2O5. The van der Waals surface area contributed by atoms with Crippen molar-refractivity contribution in [1.82, 2.24) is 10.2 Å². The summed E-state index contributed by atoms with van der Waals surface area (Å²) >= 11 is 0. The first kappa shape index (κ1) is 25.4. The lowest BCUT2D eigenvalue weighted by Gasteiger charge is -2.28. The number of aryl methyl sites for hydroxylation is 1. The summed E-state index contributed by atoms with van der Waals surface area (Å²) in [6.45, 7) is 4.06. The molecule has 0 saturated carbocycles. The van der Waals surface area contributed by atoms with E-state index < -0.39 is 30.1 Å². The van der Waals surface area contributed by atoms with Crippen LogP contribution >= 0.6 is 0 Å². The number of carbonyl (C=O) groups is 3. The molecule has 0 radical (unpaired) electrons. The molecule has 7 heteroatoms. The maximum atomic E-state index is 13.3. The lowest BCUT2D eigenvalue weighted by atomic mass is 9.97. The summed E-state index contributed by atoms with van der Waals surface area (Å²) in [5, 5.41) is 12.9. The first-order chi connectivity index (χ1) is 16.4. The Morgan fingerprint density at radius 3 is 2.26 bits per heavy atom. The van der Waals surface area contributed by atoms with Gasteiger partial charge < -0.3 is 14.7 Å². The van der Waals surface area contributed by atoms with Crippen molar-refractivity contribution >= 4 is 17.8 Å². The summed E-state index contributed by atoms with van der Waals surface area (Å²) in [6.07, 6.45) is 2.26. The summed E-state index contributed by atoms with van der Waals surface area (Å²) < 4.78 is 5.22. The molecule has 2 aromatic rings. The topological polar surface area (TPSA) is 95.9 Å². The second-order valence-corrected chi connectivity index (χ2v) is 8.85. The molecule has 2 N–H and O–H groups in total. The van der Waals surface area contributed by atoms with Crippen LogP contribution in [0.15, 0.2) is 60.7 Å². The zero-order valence-corrected chi connectivity index (χ0v) is 19.9. The minimum Gasteiger partial charge on any atom is -0.480 e. The number of carbonyl (C=O) groups excluding carboxylic acids is 2. The molecule has 1 heterocycles. The highest BCUT2D eigenvalue weighted by atomic mass is 16.5. The first-order valence-electron chi connectivity index (χ1n) is 11.9. The van der Waals surface area contributed by atoms with Crippen LogP contribution in [0.2, 0.25) is 0 Å². The van der Waals surface area contributed by atoms with Gasteiger partial charge in [-0.1, -0.05) is 60.7 Å². The Labute approximate surface area is 201 Å². The van der Waals surface area contributed by atoms with Crippen molar-refractivity contribution < 1.29 is 24.2 Å². The van der Waals surface area contributed by atoms with E-state index in [4.69, 9.17) is 4.74 Å². The van der Waals surface area contributed by atoms with Crippen LogP contribution < -0.4 is 5.32 Å². The number of nitrogens with zero attached hydrogens (tertiary/aromatic N) is 1. The monoisotopic (exact) mass is 466 g/mol. The Balaban J connectivity index is 1.66. The van der Waals surface area contributed by atoms with E-state index in [0.717, 1.165) is 17.5 Å². The van der Waals surface area contributed by atoms with Crippen molar-refractivity contribution in [3.63, 3.8) is 0 Å². The van der Waals surface area contributed by atoms with E-state index in [2.05, 4.69) is 5.32 Å². The third kappa shape index (κ3) is 6.90. The SMILES string of the molecule is CCOC(=O)[C@H](CCc1ccccc1)N[C@@H](C)C(=O)N1C[C@@H](Cc2ccccc2)C[C@H]1C(=O)O. The second kappa shape index (κ2) is 12.3. The molecular weight excluding hydrogens is 432 g/mol. The maximum Gasteiger partial charge on any atom is 0.326 e. The predicted molar refractivity (Wildman–Crippen MR) is 129 cm³/mol. The lowest BCUT2D eigenvalue weighted by Crippen LogP contribution is -2.53. The van der Waals surface area contributed by atoms with Gasteiger partial charge in [-0.2, -0.15) is 0 Å². The van der Waals surface area contributed by atoms with E-state index in [1.54, 1.807) is 13.8 Å². The highest BCUT2D eigenvalue weighted by Crippen LogP contribution is 2.27. The van der Waals surface area contributed by atoms with Gasteiger partial charge in [-0.15, -0.1) is 0 Å². The summed E-state index contributed by atoms with van der Waals surface area (Å²) in [5.74, 6) is -1.64. The van der Waals surface area contributed by atoms with Crippen molar-refractivity contribution in [2.75, 3.05) is 13.2 Å². The van der Waals surface area contributed by atoms with Gasteiger partial charge in [0.05, 0.1) is 12.6 Å². The third-order valence-electron chi connectivity index (χ3n) is 6.28. The number of amides is 1. The number of carboxylic acid groups (broad SMARTS) is 1. The molecule has 3 rings (SSSR count). The van der Waals surface area contributed by atoms with Crippen molar-refractivity contribution in [2.24, 2.45) is 5.92 Å². The fourth-order valence-electron chi connectivity index (χ4n) is 4.59. The smallest absolute Gasteiger partial charge is 0.326 e. The number of benzene rings is 2. The number of nitrogens with one attached hydrogen (secondary N) is 1. The zero-order valence-electron chi connectivity index (χ0n) is 19.9. The molecule has 1 amide bonds. The molecule has 0 spiro atoms. The number of likely N-dealkylation sites (tertiary alicyclic amines) is 1. The van der Waals surface area contributed by atoms with Gasteiger partial charge in [-0.25, -0.2) is 4.79 Å². The number of hydrogen-bond acceptors (Lipinski definition) is 5. The number of aliphatic carboxylic acids is 1. The molecule has 182 valence electrons. The minimum atomic E-state index is -0.998. The minimum absolute atomic E-state index is 0.0681. The first-order valence-corrected chi connectivity index (χ1v) is 11.9. The Kier molecular flexibility index (Phi) is 9.22. The van der Waals surface area contributed by atoms with Crippen LogP contribution in [0.3, 0.4) is 0 Å². The molecule has 4 atom stereocenters. The normalized spacial score (nSPS) is 19.4. The van der Waals surface area contributed by atoms with Gasteiger partial charge in [-0.05, 0) is 56.6 Å². The molecule has 34 heavy (non-hydrogen) atoms. The average molecular weight is 467 g/mol. The van der Waals surface area contributed by atoms with E-state index in [0.29, 0.717) is 25.8 Å². The van der Waals surface area contributed by atoms with Crippen molar-refractivity contribution in [3.05, 3.63) is 71.8 Å². The van der Waals surface area contributed by atoms with Crippen LogP contribution in [0.5, 0.6) is 0 Å². The Morgan fingerprint density at radius 1 is 1.06 bits per heavy atom. The van der Waals surface area contributed by atoms with E-state index in [9.17, 15) is 19.5 Å². The third-order valence-corrected chi connectivity index (χ3v) is 6.28. The molecule has 0 bridgehead atoms. The summed E-state index contributed by atoms with van der Waals surface area (Å²) in [4.78, 5) is 39.2. The molecule has 0 aromatic heterocycles. The van der Waals surface area contributed by atoms with E-state index >= 15 is 0 Å². The Morgan fingerprint density at radius 2 is 1.68 bits per heavy atom. The van der Waals surface area contributed by atoms with E-state index in [1.165, 1.54) is 4.90 Å². The molecule has 0 unspecified atom stereocenters. The van der Waals surface area contributed by atoms with Crippen LogP contribution in [-0.4, -0.2) is 59.1 Å². The maximum absolute atomic E-state index is 13.3. The summed E-state index contributed by atoms with van der Waals surface area (Å²) in [6, 6.07) is 17.4. The van der Waals surface area contributed by atoms with Gasteiger partial charge in [0.2, 0.25) is 5.91 Å². The Bertz CT molecular complexity index is 950. The van der Waals surface area contributed by atoms with E-state index in [-0.39, 0.29) is 18.4 Å². The number of ether oxygens (including phenoxy) is 1. The average Bonchev–Trinajstić information content (AvgIpc) is 3.26. The summed E-state index contributed by atoms with van der Waals surface area (Å²) in [5.41, 5.74) is 2.22. The van der Waals surface area contributed by atoms with Gasteiger partial charge in [0.25, 0.3) is 0 Å². The molecule has 1 saturated heterocycles. The van der Waals surface area contributed by atoms with Gasteiger partial charge in [0.1, 0.15) is 12.1 Å². The fourth-order valence-corrected chi connectivity index (χ4v) is 4.59. The molecule has 7 nitrogen and oxygen atoms in total. The largest absolute Gasteiger partial charge is 0.480 e. The zero-order chi connectivity index (χ0) is 24.5. The van der Waals surface area contributed by atoms with Crippen LogP contribution in [0.1, 0.15) is 37.8 Å². The van der Waals surface area contributed by atoms with Gasteiger partial charge in [-0.3, -0.25) is 14.9 Å². The fraction of sp³-hybridized carbons (Fsp3) is 0.444. The van der Waals surface area contributed by atoms with Crippen LogP contribution in [0.25, 0.3) is 0 Å². The molecule has 1 aliphatic heterocycles. The standard InChI is InChI=1S/C27H34N2O5/c1-3-34-27(33)23(15-14-20-10-6-4-7-11-20)28-19(2)25(30)29-18-22(17-24(29)26(31)32)16-21-12-8-5-9-13-21/h4-13,19,22-24,28H,3,14-18H2,1-2H3,(H,31,32)/t19-,22-,23-,24-/m0/s1. The highest BCUT2D eigenvalue weighted by molar-refractivity contribution is 5.88. The molecule has 2 aromatic carbocycles. The van der Waals surface area contributed by atoms with Crippen molar-refractivity contribution in [3.8, 4) is 0 Å². The molecule has 0 aliphatic carbocycles. The summed E-state index contributed by atoms with van der Waals surface area (Å²) in [7, 11) is 0. The number of carboxylic acids is 1. The van der Waals surface area contributed by atoms with Gasteiger partial charge >= 0.3 is 11.9 Å². The second-order valence-electron chi connectivity index (χ2n) is 8.85. The molecule has 1 fully saturated rings. The van der Waals surface area contributed by atoms with Crippen molar-refractivity contribution in [1.29, 1.82) is 0 Å².